The number of rotatable bonds is 14. The number of likely N-dealkylation sites (tertiary alicyclic amines) is 1. The molecule has 3 amide bonds. The van der Waals surface area contributed by atoms with E-state index in [1.165, 1.54) is 29.5 Å². The average molecular weight is 839 g/mol. The van der Waals surface area contributed by atoms with Crippen molar-refractivity contribution in [1.29, 1.82) is 0 Å². The third-order valence-electron chi connectivity index (χ3n) is 10.9. The second-order valence-corrected chi connectivity index (χ2v) is 19.2. The van der Waals surface area contributed by atoms with Crippen LogP contribution in [0.5, 0.6) is 17.4 Å². The molecule has 17 heteroatoms. The summed E-state index contributed by atoms with van der Waals surface area (Å²) < 4.78 is 45.2. The van der Waals surface area contributed by atoms with Gasteiger partial charge < -0.3 is 29.7 Å². The van der Waals surface area contributed by atoms with Crippen molar-refractivity contribution >= 4 is 66.6 Å². The minimum Gasteiger partial charge on any atom is -0.497 e. The minimum atomic E-state index is -3.87. The van der Waals surface area contributed by atoms with Gasteiger partial charge in [0.2, 0.25) is 27.7 Å². The molecule has 4 aromatic rings. The van der Waals surface area contributed by atoms with Gasteiger partial charge in [-0.05, 0) is 60.9 Å². The summed E-state index contributed by atoms with van der Waals surface area (Å²) in [5.74, 6) is -0.530. The second kappa shape index (κ2) is 15.6. The molecule has 0 radical (unpaired) electrons. The van der Waals surface area contributed by atoms with Gasteiger partial charge >= 0.3 is 0 Å². The molecule has 2 aromatic heterocycles. The number of methoxy groups -OCH3 is 2. The molecule has 304 valence electrons. The first-order chi connectivity index (χ1) is 27.1. The number of aromatic nitrogens is 2. The molecule has 3 fully saturated rings. The van der Waals surface area contributed by atoms with Crippen molar-refractivity contribution in [2.45, 2.75) is 88.8 Å². The number of anilines is 1. The van der Waals surface area contributed by atoms with Gasteiger partial charge in [-0.2, -0.15) is 0 Å². The molecule has 0 spiro atoms. The van der Waals surface area contributed by atoms with E-state index >= 15 is 0 Å². The van der Waals surface area contributed by atoms with Crippen molar-refractivity contribution in [3.05, 3.63) is 59.1 Å². The molecule has 0 unspecified atom stereocenters. The van der Waals surface area contributed by atoms with Gasteiger partial charge in [0.1, 0.15) is 35.2 Å². The highest BCUT2D eigenvalue weighted by Crippen LogP contribution is 2.47. The van der Waals surface area contributed by atoms with Gasteiger partial charge in [0.05, 0.1) is 37.9 Å². The van der Waals surface area contributed by atoms with E-state index in [2.05, 4.69) is 20.3 Å². The van der Waals surface area contributed by atoms with Crippen molar-refractivity contribution in [3.63, 3.8) is 0 Å². The number of nitrogens with zero attached hydrogens (tertiary/aromatic N) is 3. The number of pyridine rings is 1. The number of ether oxygens (including phenoxy) is 3. The summed E-state index contributed by atoms with van der Waals surface area (Å²) in [6.45, 7) is 7.66. The molecule has 7 rings (SSSR count). The van der Waals surface area contributed by atoms with Crippen molar-refractivity contribution in [3.8, 4) is 28.6 Å². The van der Waals surface area contributed by atoms with Crippen LogP contribution in [0.3, 0.4) is 0 Å². The summed E-state index contributed by atoms with van der Waals surface area (Å²) in [4.78, 5) is 53.8. The molecule has 5 atom stereocenters. The second-order valence-electron chi connectivity index (χ2n) is 16.0. The topological polar surface area (TPSA) is 178 Å². The molecular formula is C40H47ClN6O8S2. The largest absolute Gasteiger partial charge is 0.497 e. The summed E-state index contributed by atoms with van der Waals surface area (Å²) in [6.07, 6.45) is 2.68. The first-order valence-corrected chi connectivity index (χ1v) is 21.7. The van der Waals surface area contributed by atoms with Crippen LogP contribution >= 0.6 is 22.9 Å². The lowest BCUT2D eigenvalue weighted by Crippen LogP contribution is -2.58. The molecular weight excluding hydrogens is 792 g/mol. The van der Waals surface area contributed by atoms with Crippen LogP contribution in [0.1, 0.15) is 59.8 Å². The van der Waals surface area contributed by atoms with E-state index in [0.717, 1.165) is 5.56 Å². The molecule has 1 aliphatic heterocycles. The monoisotopic (exact) mass is 838 g/mol. The van der Waals surface area contributed by atoms with E-state index < -0.39 is 56.2 Å². The van der Waals surface area contributed by atoms with Crippen LogP contribution in [0.15, 0.2) is 54.0 Å². The van der Waals surface area contributed by atoms with Gasteiger partial charge in [0, 0.05) is 33.2 Å². The summed E-state index contributed by atoms with van der Waals surface area (Å²) in [5, 5.41) is 9.83. The van der Waals surface area contributed by atoms with E-state index in [-0.39, 0.29) is 37.1 Å². The van der Waals surface area contributed by atoms with Crippen molar-refractivity contribution in [2.75, 3.05) is 26.1 Å². The number of thiazole rings is 1. The number of fused-ring (bicyclic) bond motifs is 1. The molecule has 2 aliphatic carbocycles. The fourth-order valence-corrected chi connectivity index (χ4v) is 9.73. The zero-order chi connectivity index (χ0) is 40.9. The molecule has 3 N–H and O–H groups in total. The third kappa shape index (κ3) is 8.35. The Balaban J connectivity index is 1.19. The molecule has 3 heterocycles. The van der Waals surface area contributed by atoms with Crippen LogP contribution < -0.4 is 29.6 Å². The number of carbonyl (C=O) groups excluding carboxylic acids is 3. The lowest BCUT2D eigenvalue weighted by atomic mass is 9.85. The first kappa shape index (κ1) is 40.5. The molecule has 1 saturated heterocycles. The zero-order valence-corrected chi connectivity index (χ0v) is 35.0. The highest BCUT2D eigenvalue weighted by molar-refractivity contribution is 7.91. The third-order valence-corrected chi connectivity index (χ3v) is 13.7. The van der Waals surface area contributed by atoms with Gasteiger partial charge in [-0.25, -0.2) is 18.4 Å². The number of sulfonamides is 1. The predicted octanol–water partition coefficient (Wildman–Crippen LogP) is 5.80. The molecule has 2 aromatic carbocycles. The molecule has 14 nitrogen and oxygen atoms in total. The number of amides is 3. The maximum absolute atomic E-state index is 14.9. The van der Waals surface area contributed by atoms with E-state index in [0.29, 0.717) is 57.4 Å². The van der Waals surface area contributed by atoms with Gasteiger partial charge in [0.25, 0.3) is 5.91 Å². The summed E-state index contributed by atoms with van der Waals surface area (Å²) in [5.41, 5.74) is -0.533. The van der Waals surface area contributed by atoms with Crippen LogP contribution in [0.2, 0.25) is 5.02 Å². The Morgan fingerprint density at radius 3 is 2.53 bits per heavy atom. The standard InChI is InChI=1S/C40H47ClN6O8S2/c1-7-23-18-40(23,37(50)46-57(51,52)27-12-13-27)45-34(48)31-17-26(55-35-29-16-24(41)11-14-28(29)32(54-6)19-42-35)20-47(31)36(49)33(39(2,3)4)44-38-43-30(21-56-38)22-9-8-10-25(15-22)53-5/h8-11,14-16,19,21,23,26-27,31,33H,7,12-13,17-18,20H2,1-6H3,(H,43,44)(H,45,48)(H,46,50)/t23-,26-,31+,33-,40-/m1/s1. The summed E-state index contributed by atoms with van der Waals surface area (Å²) in [7, 11) is -0.730. The van der Waals surface area contributed by atoms with Crippen molar-refractivity contribution in [1.82, 2.24) is 24.9 Å². The predicted molar refractivity (Wildman–Crippen MR) is 218 cm³/mol. The highest BCUT2D eigenvalue weighted by atomic mass is 35.5. The van der Waals surface area contributed by atoms with E-state index in [1.54, 1.807) is 25.3 Å². The zero-order valence-electron chi connectivity index (χ0n) is 32.6. The van der Waals surface area contributed by atoms with Gasteiger partial charge in [-0.1, -0.05) is 57.8 Å². The fraction of sp³-hybridized carbons (Fsp3) is 0.475. The molecule has 3 aliphatic rings. The lowest BCUT2D eigenvalue weighted by Gasteiger charge is -2.35. The number of hydrogen-bond acceptors (Lipinski definition) is 12. The summed E-state index contributed by atoms with van der Waals surface area (Å²) in [6, 6.07) is 10.9. The van der Waals surface area contributed by atoms with Gasteiger partial charge in [-0.3, -0.25) is 19.1 Å². The normalized spacial score (nSPS) is 22.4. The van der Waals surface area contributed by atoms with Crippen LogP contribution in [0.4, 0.5) is 5.13 Å². The quantitative estimate of drug-likeness (QED) is 0.140. The summed E-state index contributed by atoms with van der Waals surface area (Å²) >= 11 is 7.74. The van der Waals surface area contributed by atoms with E-state index in [1.807, 2.05) is 57.3 Å². The number of hydrogen-bond donors (Lipinski definition) is 3. The fourth-order valence-electron chi connectivity index (χ4n) is 7.44. The Labute approximate surface area is 341 Å². The molecule has 57 heavy (non-hydrogen) atoms. The Morgan fingerprint density at radius 1 is 1.09 bits per heavy atom. The first-order valence-electron chi connectivity index (χ1n) is 18.9. The van der Waals surface area contributed by atoms with Crippen LogP contribution in [0, 0.1) is 11.3 Å². The SMILES string of the molecule is CC[C@@H]1C[C@]1(NC(=O)[C@@H]1C[C@@H](Oc2ncc(OC)c3ccc(Cl)cc23)CN1C(=O)[C@@H](Nc1nc(-c2cccc(OC)c2)cs1)C(C)(C)C)C(=O)NS(=O)(=O)C1CC1. The smallest absolute Gasteiger partial charge is 0.259 e. The van der Waals surface area contributed by atoms with Gasteiger partial charge in [0.15, 0.2) is 5.13 Å². The van der Waals surface area contributed by atoms with Crippen LogP contribution in [-0.4, -0.2) is 90.7 Å². The molecule has 0 bridgehead atoms. The van der Waals surface area contributed by atoms with Crippen LogP contribution in [0.25, 0.3) is 22.0 Å². The number of nitrogens with one attached hydrogen (secondary N) is 3. The van der Waals surface area contributed by atoms with Crippen molar-refractivity contribution < 1.29 is 37.0 Å². The number of halogens is 1. The molecule has 2 saturated carbocycles. The van der Waals surface area contributed by atoms with E-state index in [9.17, 15) is 22.8 Å². The minimum absolute atomic E-state index is 0.0142. The van der Waals surface area contributed by atoms with Crippen molar-refractivity contribution in [2.24, 2.45) is 11.3 Å². The Bertz CT molecular complexity index is 2310. The Kier molecular flexibility index (Phi) is 11.1. The lowest BCUT2D eigenvalue weighted by molar-refractivity contribution is -0.141. The number of benzene rings is 2. The van der Waals surface area contributed by atoms with Crippen LogP contribution in [-0.2, 0) is 24.4 Å². The Hall–Kier alpha value is -4.67. The van der Waals surface area contributed by atoms with Gasteiger partial charge in [-0.15, -0.1) is 11.3 Å². The maximum Gasteiger partial charge on any atom is 0.259 e. The highest BCUT2D eigenvalue weighted by Gasteiger charge is 2.62. The average Bonchev–Trinajstić information content (AvgIpc) is 4.07. The Morgan fingerprint density at radius 2 is 1.86 bits per heavy atom. The number of carbonyl (C=O) groups is 3. The van der Waals surface area contributed by atoms with E-state index in [4.69, 9.17) is 30.8 Å². The maximum atomic E-state index is 14.9.